The third kappa shape index (κ3) is 3.92. The number of benzene rings is 1. The molecule has 0 aliphatic carbocycles. The van der Waals surface area contributed by atoms with Gasteiger partial charge in [0.15, 0.2) is 0 Å². The summed E-state index contributed by atoms with van der Waals surface area (Å²) in [6.45, 7) is 3.45. The lowest BCUT2D eigenvalue weighted by atomic mass is 10.1. The average Bonchev–Trinajstić information content (AvgIpc) is 2.51. The number of carbonyl (C=O) groups is 1. The van der Waals surface area contributed by atoms with Crippen molar-refractivity contribution in [2.45, 2.75) is 6.92 Å². The highest BCUT2D eigenvalue weighted by Crippen LogP contribution is 2.29. The first-order valence-corrected chi connectivity index (χ1v) is 6.86. The van der Waals surface area contributed by atoms with Crippen LogP contribution in [0.1, 0.15) is 17.4 Å². The zero-order valence-electron chi connectivity index (χ0n) is 12.3. The maximum Gasteiger partial charge on any atom is 0.267 e. The molecule has 0 fully saturated rings. The third-order valence-electron chi connectivity index (χ3n) is 2.85. The Morgan fingerprint density at radius 1 is 1.23 bits per heavy atom. The Hall–Kier alpha value is -2.67. The van der Waals surface area contributed by atoms with Gasteiger partial charge in [-0.3, -0.25) is 4.79 Å². The van der Waals surface area contributed by atoms with Crippen molar-refractivity contribution in [3.05, 3.63) is 36.0 Å². The quantitative estimate of drug-likeness (QED) is 0.744. The van der Waals surface area contributed by atoms with E-state index in [1.807, 2.05) is 31.2 Å². The van der Waals surface area contributed by atoms with Crippen LogP contribution >= 0.6 is 0 Å². The van der Waals surface area contributed by atoms with Crippen LogP contribution in [0.5, 0.6) is 5.75 Å². The Kier molecular flexibility index (Phi) is 5.26. The van der Waals surface area contributed by atoms with E-state index in [0.29, 0.717) is 36.8 Å². The molecule has 7 heteroatoms. The van der Waals surface area contributed by atoms with Crippen molar-refractivity contribution < 1.29 is 14.3 Å². The van der Waals surface area contributed by atoms with Gasteiger partial charge in [0.2, 0.25) is 5.95 Å². The largest absolute Gasteiger partial charge is 0.490 e. The molecule has 0 atom stereocenters. The molecule has 0 aliphatic rings. The van der Waals surface area contributed by atoms with E-state index in [4.69, 9.17) is 20.9 Å². The van der Waals surface area contributed by atoms with Gasteiger partial charge in [-0.2, -0.15) is 0 Å². The highest BCUT2D eigenvalue weighted by Gasteiger charge is 2.12. The van der Waals surface area contributed by atoms with Gasteiger partial charge >= 0.3 is 0 Å². The minimum absolute atomic E-state index is 0.0181. The number of nitrogens with two attached hydrogens (primary N) is 2. The normalized spacial score (nSPS) is 10.4. The topological polar surface area (TPSA) is 113 Å². The number of primary amides is 1. The van der Waals surface area contributed by atoms with Gasteiger partial charge in [-0.05, 0) is 25.1 Å². The fraction of sp³-hybridized carbons (Fsp3) is 0.267. The molecule has 0 aliphatic heterocycles. The third-order valence-corrected chi connectivity index (χ3v) is 2.85. The van der Waals surface area contributed by atoms with E-state index in [9.17, 15) is 4.79 Å². The van der Waals surface area contributed by atoms with Gasteiger partial charge in [-0.1, -0.05) is 12.1 Å². The van der Waals surface area contributed by atoms with Crippen molar-refractivity contribution in [2.24, 2.45) is 5.73 Å². The van der Waals surface area contributed by atoms with Gasteiger partial charge in [0, 0.05) is 12.2 Å². The molecule has 1 amide bonds. The van der Waals surface area contributed by atoms with Crippen LogP contribution in [-0.2, 0) is 4.74 Å². The van der Waals surface area contributed by atoms with Crippen LogP contribution < -0.4 is 16.2 Å². The van der Waals surface area contributed by atoms with Crippen LogP contribution in [0, 0.1) is 0 Å². The van der Waals surface area contributed by atoms with Gasteiger partial charge in [-0.25, -0.2) is 9.97 Å². The predicted octanol–water partition coefficient (Wildman–Crippen LogP) is 1.24. The van der Waals surface area contributed by atoms with E-state index in [1.54, 1.807) is 0 Å². The monoisotopic (exact) mass is 302 g/mol. The van der Waals surface area contributed by atoms with Gasteiger partial charge in [0.25, 0.3) is 5.91 Å². The predicted molar refractivity (Wildman–Crippen MR) is 82.4 cm³/mol. The molecule has 0 bridgehead atoms. The number of para-hydroxylation sites is 1. The minimum atomic E-state index is -0.662. The smallest absolute Gasteiger partial charge is 0.267 e. The fourth-order valence-corrected chi connectivity index (χ4v) is 1.89. The van der Waals surface area contributed by atoms with Crippen LogP contribution in [0.4, 0.5) is 5.95 Å². The van der Waals surface area contributed by atoms with E-state index < -0.39 is 5.91 Å². The highest BCUT2D eigenvalue weighted by atomic mass is 16.5. The number of amides is 1. The van der Waals surface area contributed by atoms with Crippen molar-refractivity contribution >= 4 is 11.9 Å². The van der Waals surface area contributed by atoms with Crippen molar-refractivity contribution in [1.29, 1.82) is 0 Å². The van der Waals surface area contributed by atoms with E-state index >= 15 is 0 Å². The lowest BCUT2D eigenvalue weighted by molar-refractivity contribution is 0.0995. The van der Waals surface area contributed by atoms with Crippen molar-refractivity contribution in [3.8, 4) is 17.0 Å². The Labute approximate surface area is 128 Å². The van der Waals surface area contributed by atoms with E-state index in [1.165, 1.54) is 6.07 Å². The molecular formula is C15H18N4O3. The number of ether oxygens (including phenoxy) is 2. The van der Waals surface area contributed by atoms with Crippen LogP contribution in [0.25, 0.3) is 11.3 Å². The van der Waals surface area contributed by atoms with E-state index in [2.05, 4.69) is 9.97 Å². The number of anilines is 1. The summed E-state index contributed by atoms with van der Waals surface area (Å²) < 4.78 is 10.9. The van der Waals surface area contributed by atoms with Crippen molar-refractivity contribution in [2.75, 3.05) is 25.6 Å². The summed E-state index contributed by atoms with van der Waals surface area (Å²) in [5, 5.41) is 0. The first kappa shape index (κ1) is 15.7. The summed E-state index contributed by atoms with van der Waals surface area (Å²) >= 11 is 0. The number of hydrogen-bond donors (Lipinski definition) is 2. The van der Waals surface area contributed by atoms with E-state index in [0.717, 1.165) is 0 Å². The zero-order chi connectivity index (χ0) is 15.9. The Balaban J connectivity index is 2.30. The fourth-order valence-electron chi connectivity index (χ4n) is 1.89. The SMILES string of the molecule is CCOCCOc1ccccc1-c1cc(C(N)=O)nc(N)n1. The van der Waals surface area contributed by atoms with Crippen molar-refractivity contribution in [3.63, 3.8) is 0 Å². The van der Waals surface area contributed by atoms with Gasteiger partial charge in [-0.15, -0.1) is 0 Å². The Bertz CT molecular complexity index is 661. The number of aromatic nitrogens is 2. The first-order valence-electron chi connectivity index (χ1n) is 6.86. The minimum Gasteiger partial charge on any atom is -0.490 e. The maximum absolute atomic E-state index is 11.3. The second-order valence-corrected chi connectivity index (χ2v) is 4.40. The summed E-state index contributed by atoms with van der Waals surface area (Å²) in [7, 11) is 0. The second-order valence-electron chi connectivity index (χ2n) is 4.40. The average molecular weight is 302 g/mol. The number of rotatable bonds is 7. The molecule has 2 rings (SSSR count). The molecule has 0 unspecified atom stereocenters. The molecule has 1 aromatic heterocycles. The Morgan fingerprint density at radius 3 is 2.73 bits per heavy atom. The standard InChI is InChI=1S/C15H18N4O3/c1-2-21-7-8-22-13-6-4-3-5-10(13)11-9-12(14(16)20)19-15(17)18-11/h3-6,9H,2,7-8H2,1H3,(H2,16,20)(H2,17,18,19). The maximum atomic E-state index is 11.3. The zero-order valence-corrected chi connectivity index (χ0v) is 12.3. The Morgan fingerprint density at radius 2 is 2.00 bits per heavy atom. The summed E-state index contributed by atoms with van der Waals surface area (Å²) in [4.78, 5) is 19.2. The second kappa shape index (κ2) is 7.37. The molecule has 1 aromatic carbocycles. The molecule has 0 spiro atoms. The van der Waals surface area contributed by atoms with Crippen LogP contribution in [0.15, 0.2) is 30.3 Å². The molecule has 4 N–H and O–H groups in total. The van der Waals surface area contributed by atoms with Crippen LogP contribution in [-0.4, -0.2) is 35.7 Å². The molecule has 0 radical (unpaired) electrons. The summed E-state index contributed by atoms with van der Waals surface area (Å²) in [6, 6.07) is 8.81. The lowest BCUT2D eigenvalue weighted by Gasteiger charge is -2.11. The highest BCUT2D eigenvalue weighted by molar-refractivity contribution is 5.92. The molecular weight excluding hydrogens is 284 g/mol. The molecule has 2 aromatic rings. The number of carbonyl (C=O) groups excluding carboxylic acids is 1. The van der Waals surface area contributed by atoms with Crippen LogP contribution in [0.3, 0.4) is 0 Å². The van der Waals surface area contributed by atoms with Crippen molar-refractivity contribution in [1.82, 2.24) is 9.97 Å². The first-order chi connectivity index (χ1) is 10.6. The van der Waals surface area contributed by atoms with Crippen LogP contribution in [0.2, 0.25) is 0 Å². The molecule has 1 heterocycles. The molecule has 22 heavy (non-hydrogen) atoms. The molecule has 0 saturated carbocycles. The van der Waals surface area contributed by atoms with Gasteiger partial charge in [0.1, 0.15) is 18.1 Å². The number of nitrogen functional groups attached to an aromatic ring is 1. The van der Waals surface area contributed by atoms with Gasteiger partial charge < -0.3 is 20.9 Å². The number of hydrogen-bond acceptors (Lipinski definition) is 6. The summed E-state index contributed by atoms with van der Waals surface area (Å²) in [6.07, 6.45) is 0. The summed E-state index contributed by atoms with van der Waals surface area (Å²) in [5.74, 6) is -0.0590. The lowest BCUT2D eigenvalue weighted by Crippen LogP contribution is -2.15. The van der Waals surface area contributed by atoms with E-state index in [-0.39, 0.29) is 11.6 Å². The number of nitrogens with zero attached hydrogens (tertiary/aromatic N) is 2. The molecule has 7 nitrogen and oxygen atoms in total. The molecule has 116 valence electrons. The molecule has 0 saturated heterocycles. The van der Waals surface area contributed by atoms with Gasteiger partial charge in [0.05, 0.1) is 12.3 Å². The summed E-state index contributed by atoms with van der Waals surface area (Å²) in [5.41, 5.74) is 12.1.